The van der Waals surface area contributed by atoms with E-state index in [0.717, 1.165) is 0 Å². The predicted molar refractivity (Wildman–Crippen MR) is 50.5 cm³/mol. The van der Waals surface area contributed by atoms with Gasteiger partial charge in [0.05, 0.1) is 0 Å². The molecule has 0 aliphatic carbocycles. The van der Waals surface area contributed by atoms with Crippen LogP contribution in [0.2, 0.25) is 0 Å². The molecule has 2 atom stereocenters. The molecule has 1 aliphatic rings. The first-order valence-electron chi connectivity index (χ1n) is 5.00. The van der Waals surface area contributed by atoms with Crippen molar-refractivity contribution < 1.29 is 27.9 Å². The number of rotatable bonds is 2. The van der Waals surface area contributed by atoms with Gasteiger partial charge in [0.2, 0.25) is 5.91 Å². The second-order valence-corrected chi connectivity index (χ2v) is 4.35. The highest BCUT2D eigenvalue weighted by atomic mass is 19.4. The number of aliphatic hydroxyl groups is 1. The summed E-state index contributed by atoms with van der Waals surface area (Å²) < 4.78 is 37.2. The maximum Gasteiger partial charge on any atom is 0.446 e. The molecule has 1 saturated heterocycles. The lowest BCUT2D eigenvalue weighted by Gasteiger charge is -2.37. The van der Waals surface area contributed by atoms with Crippen LogP contribution in [0.25, 0.3) is 0 Å². The second-order valence-electron chi connectivity index (χ2n) is 4.35. The molecule has 0 saturated carbocycles. The standard InChI is InChI=1S/C9H13F3N2O3/c1-4(2)3-5-6(15)14-8(17,7(16)13-5)9(10,11)12/h4-5,17H,3H2,1-2H3,(H,13,16)(H,14,15)/t5-,8-/m0/s1. The Morgan fingerprint density at radius 2 is 1.94 bits per heavy atom. The minimum absolute atomic E-state index is 0.0168. The average molecular weight is 254 g/mol. The maximum atomic E-state index is 12.4. The van der Waals surface area contributed by atoms with Crippen LogP contribution in [0.3, 0.4) is 0 Å². The zero-order chi connectivity index (χ0) is 13.4. The van der Waals surface area contributed by atoms with Crippen molar-refractivity contribution in [3.63, 3.8) is 0 Å². The average Bonchev–Trinajstić information content (AvgIpc) is 2.11. The van der Waals surface area contributed by atoms with E-state index in [0.29, 0.717) is 0 Å². The summed E-state index contributed by atoms with van der Waals surface area (Å²) in [5, 5.41) is 12.3. The molecular weight excluding hydrogens is 241 g/mol. The van der Waals surface area contributed by atoms with Crippen LogP contribution in [0.5, 0.6) is 0 Å². The third-order valence-electron chi connectivity index (χ3n) is 2.37. The van der Waals surface area contributed by atoms with Crippen LogP contribution in [0.15, 0.2) is 0 Å². The molecule has 1 aliphatic heterocycles. The fourth-order valence-electron chi connectivity index (χ4n) is 1.49. The normalized spacial score (nSPS) is 30.2. The Bertz CT molecular complexity index is 343. The van der Waals surface area contributed by atoms with Gasteiger partial charge in [0.15, 0.2) is 0 Å². The molecule has 0 aromatic carbocycles. The van der Waals surface area contributed by atoms with Crippen LogP contribution in [0.1, 0.15) is 20.3 Å². The maximum absolute atomic E-state index is 12.4. The van der Waals surface area contributed by atoms with Crippen molar-refractivity contribution in [3.05, 3.63) is 0 Å². The SMILES string of the molecule is CC(C)C[C@@H]1NC(=O)[C@](O)(C(F)(F)F)NC1=O. The van der Waals surface area contributed by atoms with Crippen molar-refractivity contribution in [1.82, 2.24) is 10.6 Å². The molecule has 0 unspecified atom stereocenters. The van der Waals surface area contributed by atoms with E-state index in [1.807, 2.05) is 5.32 Å². The molecule has 0 spiro atoms. The molecule has 2 amide bonds. The van der Waals surface area contributed by atoms with Crippen molar-refractivity contribution in [2.75, 3.05) is 0 Å². The van der Waals surface area contributed by atoms with Gasteiger partial charge in [0.25, 0.3) is 5.91 Å². The van der Waals surface area contributed by atoms with Gasteiger partial charge in [-0.3, -0.25) is 9.59 Å². The Morgan fingerprint density at radius 3 is 2.35 bits per heavy atom. The van der Waals surface area contributed by atoms with Crippen molar-refractivity contribution in [2.24, 2.45) is 5.92 Å². The van der Waals surface area contributed by atoms with Gasteiger partial charge >= 0.3 is 11.9 Å². The van der Waals surface area contributed by atoms with Crippen LogP contribution in [0, 0.1) is 5.92 Å². The van der Waals surface area contributed by atoms with Crippen LogP contribution in [0.4, 0.5) is 13.2 Å². The topological polar surface area (TPSA) is 78.4 Å². The summed E-state index contributed by atoms with van der Waals surface area (Å²) in [5.74, 6) is -2.68. The van der Waals surface area contributed by atoms with Gasteiger partial charge in [-0.15, -0.1) is 0 Å². The summed E-state index contributed by atoms with van der Waals surface area (Å²) in [6, 6.07) is -1.05. The summed E-state index contributed by atoms with van der Waals surface area (Å²) >= 11 is 0. The van der Waals surface area contributed by atoms with Gasteiger partial charge in [-0.2, -0.15) is 13.2 Å². The summed E-state index contributed by atoms with van der Waals surface area (Å²) in [4.78, 5) is 22.6. The van der Waals surface area contributed by atoms with E-state index in [4.69, 9.17) is 5.11 Å². The third-order valence-corrected chi connectivity index (χ3v) is 2.37. The van der Waals surface area contributed by atoms with E-state index in [1.54, 1.807) is 13.8 Å². The Balaban J connectivity index is 2.88. The summed E-state index contributed by atoms with van der Waals surface area (Å²) in [5.41, 5.74) is -3.84. The lowest BCUT2D eigenvalue weighted by atomic mass is 9.98. The first-order chi connectivity index (χ1) is 7.58. The molecule has 1 rings (SSSR count). The van der Waals surface area contributed by atoms with E-state index >= 15 is 0 Å². The zero-order valence-electron chi connectivity index (χ0n) is 9.26. The summed E-state index contributed by atoms with van der Waals surface area (Å²) in [6.45, 7) is 3.51. The van der Waals surface area contributed by atoms with E-state index < -0.39 is 29.8 Å². The number of alkyl halides is 3. The van der Waals surface area contributed by atoms with Crippen molar-refractivity contribution in [2.45, 2.75) is 38.2 Å². The first kappa shape index (κ1) is 13.8. The van der Waals surface area contributed by atoms with E-state index in [2.05, 4.69) is 0 Å². The highest BCUT2D eigenvalue weighted by Gasteiger charge is 2.63. The molecule has 98 valence electrons. The van der Waals surface area contributed by atoms with Gasteiger partial charge < -0.3 is 15.7 Å². The van der Waals surface area contributed by atoms with E-state index in [9.17, 15) is 22.8 Å². The van der Waals surface area contributed by atoms with Crippen molar-refractivity contribution in [3.8, 4) is 0 Å². The molecule has 1 fully saturated rings. The predicted octanol–water partition coefficient (Wildman–Crippen LogP) is -0.102. The first-order valence-corrected chi connectivity index (χ1v) is 5.00. The number of nitrogens with one attached hydrogen (secondary N) is 2. The smallest absolute Gasteiger partial charge is 0.356 e. The largest absolute Gasteiger partial charge is 0.446 e. The number of halogens is 3. The van der Waals surface area contributed by atoms with Gasteiger partial charge in [-0.1, -0.05) is 13.8 Å². The lowest BCUT2D eigenvalue weighted by Crippen LogP contribution is -2.75. The highest BCUT2D eigenvalue weighted by Crippen LogP contribution is 2.30. The molecule has 8 heteroatoms. The van der Waals surface area contributed by atoms with Crippen molar-refractivity contribution in [1.29, 1.82) is 0 Å². The monoisotopic (exact) mass is 254 g/mol. The lowest BCUT2D eigenvalue weighted by molar-refractivity contribution is -0.264. The number of hydrogen-bond donors (Lipinski definition) is 3. The van der Waals surface area contributed by atoms with Crippen LogP contribution in [-0.4, -0.2) is 34.9 Å². The number of carbonyl (C=O) groups is 2. The molecule has 5 nitrogen and oxygen atoms in total. The summed E-state index contributed by atoms with van der Waals surface area (Å²) in [7, 11) is 0. The Hall–Kier alpha value is -1.31. The number of piperazine rings is 1. The van der Waals surface area contributed by atoms with E-state index in [-0.39, 0.29) is 12.3 Å². The number of amides is 2. The minimum atomic E-state index is -5.25. The molecule has 17 heavy (non-hydrogen) atoms. The number of carbonyl (C=O) groups excluding carboxylic acids is 2. The van der Waals surface area contributed by atoms with Crippen LogP contribution >= 0.6 is 0 Å². The zero-order valence-corrected chi connectivity index (χ0v) is 9.26. The highest BCUT2D eigenvalue weighted by molar-refractivity contribution is 5.99. The van der Waals surface area contributed by atoms with Crippen LogP contribution < -0.4 is 10.6 Å². The number of hydrogen-bond acceptors (Lipinski definition) is 3. The van der Waals surface area contributed by atoms with Gasteiger partial charge in [-0.25, -0.2) is 0 Å². The third kappa shape index (κ3) is 2.51. The molecule has 0 radical (unpaired) electrons. The fraction of sp³-hybridized carbons (Fsp3) is 0.778. The van der Waals surface area contributed by atoms with Crippen LogP contribution in [-0.2, 0) is 9.59 Å². The molecular formula is C9H13F3N2O3. The molecule has 0 aromatic rings. The summed E-state index contributed by atoms with van der Waals surface area (Å²) in [6.07, 6.45) is -5.05. The Labute approximate surface area is 95.4 Å². The fourth-order valence-corrected chi connectivity index (χ4v) is 1.49. The van der Waals surface area contributed by atoms with Gasteiger partial charge in [-0.05, 0) is 12.3 Å². The Morgan fingerprint density at radius 1 is 1.41 bits per heavy atom. The second kappa shape index (κ2) is 4.17. The Kier molecular flexibility index (Phi) is 3.37. The molecule has 1 heterocycles. The molecule has 0 bridgehead atoms. The minimum Gasteiger partial charge on any atom is -0.356 e. The van der Waals surface area contributed by atoms with Gasteiger partial charge in [0.1, 0.15) is 6.04 Å². The van der Waals surface area contributed by atoms with E-state index in [1.165, 1.54) is 5.32 Å². The quantitative estimate of drug-likeness (QED) is 0.643. The molecule has 0 aromatic heterocycles. The van der Waals surface area contributed by atoms with Gasteiger partial charge in [0, 0.05) is 0 Å². The molecule has 3 N–H and O–H groups in total. The van der Waals surface area contributed by atoms with Crippen molar-refractivity contribution >= 4 is 11.8 Å².